The number of carboxylic acid groups (broad SMARTS) is 1. The lowest BCUT2D eigenvalue weighted by atomic mass is 10.1. The lowest BCUT2D eigenvalue weighted by Crippen LogP contribution is -2.42. The molecule has 6 nitrogen and oxygen atoms in total. The van der Waals surface area contributed by atoms with Crippen LogP contribution < -0.4 is 10.6 Å². The van der Waals surface area contributed by atoms with Gasteiger partial charge in [0.2, 0.25) is 11.8 Å². The number of rotatable bonds is 7. The summed E-state index contributed by atoms with van der Waals surface area (Å²) in [5.41, 5.74) is -0.279. The SMILES string of the molecule is CC(C)(C)NC(=O)CCNC(=O)CSCC(=O)O. The second-order valence-corrected chi connectivity index (χ2v) is 5.77. The second-order valence-electron chi connectivity index (χ2n) is 4.78. The first-order chi connectivity index (χ1) is 8.20. The largest absolute Gasteiger partial charge is 0.481 e. The molecule has 0 atom stereocenters. The van der Waals surface area contributed by atoms with Gasteiger partial charge in [0.15, 0.2) is 0 Å². The molecule has 0 aliphatic carbocycles. The third-order valence-corrected chi connectivity index (χ3v) is 2.56. The highest BCUT2D eigenvalue weighted by Crippen LogP contribution is 1.99. The van der Waals surface area contributed by atoms with Crippen molar-refractivity contribution in [3.05, 3.63) is 0 Å². The van der Waals surface area contributed by atoms with Gasteiger partial charge in [-0.25, -0.2) is 0 Å². The summed E-state index contributed by atoms with van der Waals surface area (Å²) in [7, 11) is 0. The Labute approximate surface area is 111 Å². The van der Waals surface area contributed by atoms with Crippen molar-refractivity contribution in [3.63, 3.8) is 0 Å². The second kappa shape index (κ2) is 7.97. The van der Waals surface area contributed by atoms with E-state index in [4.69, 9.17) is 5.11 Å². The Bertz CT molecular complexity index is 313. The zero-order valence-electron chi connectivity index (χ0n) is 10.9. The van der Waals surface area contributed by atoms with Crippen molar-refractivity contribution in [1.82, 2.24) is 10.6 Å². The highest BCUT2D eigenvalue weighted by atomic mass is 32.2. The van der Waals surface area contributed by atoms with Crippen molar-refractivity contribution in [2.45, 2.75) is 32.7 Å². The molecule has 0 spiro atoms. The molecule has 0 fully saturated rings. The maximum Gasteiger partial charge on any atom is 0.313 e. The number of hydrogen-bond donors (Lipinski definition) is 3. The van der Waals surface area contributed by atoms with E-state index in [-0.39, 0.29) is 41.8 Å². The molecule has 104 valence electrons. The van der Waals surface area contributed by atoms with Crippen LogP contribution in [0.2, 0.25) is 0 Å². The quantitative estimate of drug-likeness (QED) is 0.618. The first kappa shape index (κ1) is 16.8. The summed E-state index contributed by atoms with van der Waals surface area (Å²) in [4.78, 5) is 32.8. The molecule has 2 amide bonds. The number of thioether (sulfide) groups is 1. The van der Waals surface area contributed by atoms with E-state index in [1.165, 1.54) is 0 Å². The Hall–Kier alpha value is -1.24. The molecular formula is C11H20N2O4S. The van der Waals surface area contributed by atoms with Gasteiger partial charge in [-0.15, -0.1) is 11.8 Å². The molecule has 0 saturated heterocycles. The average Bonchev–Trinajstić information content (AvgIpc) is 2.13. The van der Waals surface area contributed by atoms with Crippen molar-refractivity contribution in [3.8, 4) is 0 Å². The first-order valence-electron chi connectivity index (χ1n) is 5.58. The Kier molecular flexibility index (Phi) is 7.42. The number of nitrogens with one attached hydrogen (secondary N) is 2. The smallest absolute Gasteiger partial charge is 0.313 e. The lowest BCUT2D eigenvalue weighted by molar-refractivity contribution is -0.134. The fourth-order valence-electron chi connectivity index (χ4n) is 1.08. The van der Waals surface area contributed by atoms with Gasteiger partial charge < -0.3 is 15.7 Å². The molecule has 18 heavy (non-hydrogen) atoms. The van der Waals surface area contributed by atoms with Crippen LogP contribution in [0.5, 0.6) is 0 Å². The van der Waals surface area contributed by atoms with Crippen molar-refractivity contribution in [2.75, 3.05) is 18.1 Å². The summed E-state index contributed by atoms with van der Waals surface area (Å²) in [6.45, 7) is 5.90. The van der Waals surface area contributed by atoms with Gasteiger partial charge in [-0.3, -0.25) is 14.4 Å². The standard InChI is InChI=1S/C11H20N2O4S/c1-11(2,3)13-8(14)4-5-12-9(15)6-18-7-10(16)17/h4-7H2,1-3H3,(H,12,15)(H,13,14)(H,16,17). The molecule has 3 N–H and O–H groups in total. The average molecular weight is 276 g/mol. The Balaban J connectivity index is 3.62. The third-order valence-electron chi connectivity index (χ3n) is 1.65. The van der Waals surface area contributed by atoms with Crippen molar-refractivity contribution >= 4 is 29.5 Å². The van der Waals surface area contributed by atoms with E-state index in [9.17, 15) is 14.4 Å². The van der Waals surface area contributed by atoms with E-state index in [0.29, 0.717) is 0 Å². The third kappa shape index (κ3) is 11.3. The zero-order chi connectivity index (χ0) is 14.2. The summed E-state index contributed by atoms with van der Waals surface area (Å²) in [6.07, 6.45) is 0.215. The van der Waals surface area contributed by atoms with Crippen LogP contribution in [0.25, 0.3) is 0 Å². The first-order valence-corrected chi connectivity index (χ1v) is 6.73. The van der Waals surface area contributed by atoms with Gasteiger partial charge in [0, 0.05) is 18.5 Å². The fraction of sp³-hybridized carbons (Fsp3) is 0.727. The van der Waals surface area contributed by atoms with Gasteiger partial charge in [0.05, 0.1) is 11.5 Å². The minimum absolute atomic E-state index is 0.0905. The van der Waals surface area contributed by atoms with Crippen LogP contribution in [0.4, 0.5) is 0 Å². The van der Waals surface area contributed by atoms with Gasteiger partial charge in [-0.05, 0) is 20.8 Å². The van der Waals surface area contributed by atoms with E-state index in [2.05, 4.69) is 10.6 Å². The summed E-state index contributed by atoms with van der Waals surface area (Å²) in [5, 5.41) is 13.7. The minimum Gasteiger partial charge on any atom is -0.481 e. The summed E-state index contributed by atoms with van der Waals surface area (Å²) < 4.78 is 0. The van der Waals surface area contributed by atoms with Crippen LogP contribution in [0, 0.1) is 0 Å². The molecular weight excluding hydrogens is 256 g/mol. The lowest BCUT2D eigenvalue weighted by Gasteiger charge is -2.20. The molecule has 0 aromatic rings. The van der Waals surface area contributed by atoms with E-state index in [1.54, 1.807) is 0 Å². The molecule has 0 bridgehead atoms. The Morgan fingerprint density at radius 1 is 1.11 bits per heavy atom. The highest BCUT2D eigenvalue weighted by molar-refractivity contribution is 8.00. The molecule has 0 unspecified atom stereocenters. The number of carbonyl (C=O) groups is 3. The van der Waals surface area contributed by atoms with E-state index >= 15 is 0 Å². The predicted molar refractivity (Wildman–Crippen MR) is 70.5 cm³/mol. The van der Waals surface area contributed by atoms with Crippen LogP contribution in [0.1, 0.15) is 27.2 Å². The Morgan fingerprint density at radius 3 is 2.22 bits per heavy atom. The molecule has 7 heteroatoms. The van der Waals surface area contributed by atoms with Gasteiger partial charge in [-0.1, -0.05) is 0 Å². The van der Waals surface area contributed by atoms with E-state index in [0.717, 1.165) is 11.8 Å². The van der Waals surface area contributed by atoms with Crippen molar-refractivity contribution < 1.29 is 19.5 Å². The minimum atomic E-state index is -0.947. The molecule has 0 aromatic carbocycles. The number of carboxylic acids is 1. The monoisotopic (exact) mass is 276 g/mol. The molecule has 0 aromatic heterocycles. The molecule has 0 aliphatic heterocycles. The maximum atomic E-state index is 11.4. The van der Waals surface area contributed by atoms with Crippen LogP contribution in [0.3, 0.4) is 0 Å². The number of carbonyl (C=O) groups excluding carboxylic acids is 2. The Morgan fingerprint density at radius 2 is 1.72 bits per heavy atom. The van der Waals surface area contributed by atoms with Crippen LogP contribution in [-0.2, 0) is 14.4 Å². The van der Waals surface area contributed by atoms with Crippen LogP contribution in [-0.4, -0.2) is 46.5 Å². The molecule has 0 saturated carbocycles. The predicted octanol–water partition coefficient (Wildman–Crippen LogP) is 0.225. The molecule has 0 aliphatic rings. The van der Waals surface area contributed by atoms with Gasteiger partial charge in [-0.2, -0.15) is 0 Å². The van der Waals surface area contributed by atoms with Crippen LogP contribution >= 0.6 is 11.8 Å². The number of hydrogen-bond acceptors (Lipinski definition) is 4. The fourth-order valence-corrected chi connectivity index (χ4v) is 1.64. The topological polar surface area (TPSA) is 95.5 Å². The molecule has 0 rings (SSSR count). The molecule has 0 heterocycles. The van der Waals surface area contributed by atoms with Crippen molar-refractivity contribution in [1.29, 1.82) is 0 Å². The van der Waals surface area contributed by atoms with Gasteiger partial charge in [0.25, 0.3) is 0 Å². The van der Waals surface area contributed by atoms with Gasteiger partial charge in [0.1, 0.15) is 0 Å². The maximum absolute atomic E-state index is 11.4. The number of amides is 2. The van der Waals surface area contributed by atoms with E-state index in [1.807, 2.05) is 20.8 Å². The summed E-state index contributed by atoms with van der Waals surface area (Å²) in [5.74, 6) is -1.34. The summed E-state index contributed by atoms with van der Waals surface area (Å²) >= 11 is 1.03. The number of aliphatic carboxylic acids is 1. The molecule has 0 radical (unpaired) electrons. The zero-order valence-corrected chi connectivity index (χ0v) is 11.7. The van der Waals surface area contributed by atoms with Crippen molar-refractivity contribution in [2.24, 2.45) is 0 Å². The highest BCUT2D eigenvalue weighted by Gasteiger charge is 2.13. The summed E-state index contributed by atoms with van der Waals surface area (Å²) in [6, 6.07) is 0. The normalized spacial score (nSPS) is 10.8. The van der Waals surface area contributed by atoms with Gasteiger partial charge >= 0.3 is 5.97 Å². The van der Waals surface area contributed by atoms with Crippen LogP contribution in [0.15, 0.2) is 0 Å². The van der Waals surface area contributed by atoms with E-state index < -0.39 is 5.97 Å².